The molecule has 3 heterocycles. The Hall–Kier alpha value is -1.69. The number of nitrogens with zero attached hydrogens (tertiary/aromatic N) is 2. The van der Waals surface area contributed by atoms with E-state index in [1.807, 2.05) is 30.2 Å². The summed E-state index contributed by atoms with van der Waals surface area (Å²) in [6, 6.07) is 1.77. The maximum Gasteiger partial charge on any atom is 0.150 e. The fourth-order valence-electron chi connectivity index (χ4n) is 3.29. The zero-order valence-corrected chi connectivity index (χ0v) is 15.4. The summed E-state index contributed by atoms with van der Waals surface area (Å²) in [6.07, 6.45) is 9.05. The minimum absolute atomic E-state index is 0.0112. The molecule has 7 heteroatoms. The molecule has 0 aliphatic carbocycles. The Bertz CT molecular complexity index is 897. The molecular formula is C18H19Cl2N3O2. The molecule has 132 valence electrons. The van der Waals surface area contributed by atoms with Crippen LogP contribution in [0.15, 0.2) is 24.7 Å². The predicted octanol–water partition coefficient (Wildman–Crippen LogP) is 5.44. The van der Waals surface area contributed by atoms with Crippen LogP contribution < -0.4 is 4.74 Å². The van der Waals surface area contributed by atoms with Crippen molar-refractivity contribution in [1.29, 1.82) is 0 Å². The molecule has 0 radical (unpaired) electrons. The summed E-state index contributed by atoms with van der Waals surface area (Å²) in [5.74, 6) is 0.713. The summed E-state index contributed by atoms with van der Waals surface area (Å²) < 4.78 is 13.5. The number of rotatable bonds is 4. The number of halogens is 2. The van der Waals surface area contributed by atoms with Crippen molar-refractivity contribution < 1.29 is 9.47 Å². The van der Waals surface area contributed by atoms with E-state index in [0.717, 1.165) is 47.9 Å². The van der Waals surface area contributed by atoms with Gasteiger partial charge in [-0.3, -0.25) is 0 Å². The van der Waals surface area contributed by atoms with Gasteiger partial charge in [-0.2, -0.15) is 5.10 Å². The van der Waals surface area contributed by atoms with E-state index in [9.17, 15) is 0 Å². The van der Waals surface area contributed by atoms with Crippen LogP contribution in [0.4, 0.5) is 0 Å². The van der Waals surface area contributed by atoms with E-state index in [-0.39, 0.29) is 6.23 Å². The van der Waals surface area contributed by atoms with Crippen molar-refractivity contribution >= 4 is 34.1 Å². The second-order valence-corrected chi connectivity index (χ2v) is 6.87. The molecule has 1 saturated heterocycles. The van der Waals surface area contributed by atoms with Crippen LogP contribution in [-0.2, 0) is 4.74 Å². The normalized spacial score (nSPS) is 18.0. The molecule has 1 N–H and O–H groups in total. The summed E-state index contributed by atoms with van der Waals surface area (Å²) in [5, 5.41) is 6.38. The smallest absolute Gasteiger partial charge is 0.150 e. The lowest BCUT2D eigenvalue weighted by atomic mass is 10.1. The standard InChI is InChI=1S/C18H19Cl2N3O2/c1-2-24-14-7-13(19)17(20)18-16(14)12(9-21-18)11-8-22-23(10-11)15-5-3-4-6-25-15/h7-10,15,21H,2-6H2,1H3. The monoisotopic (exact) mass is 379 g/mol. The highest BCUT2D eigenvalue weighted by molar-refractivity contribution is 6.45. The fourth-order valence-corrected chi connectivity index (χ4v) is 3.68. The van der Waals surface area contributed by atoms with Gasteiger partial charge in [-0.25, -0.2) is 4.68 Å². The number of H-pyrrole nitrogens is 1. The van der Waals surface area contributed by atoms with Gasteiger partial charge in [0.25, 0.3) is 0 Å². The minimum Gasteiger partial charge on any atom is -0.493 e. The number of nitrogens with one attached hydrogen (secondary N) is 1. The third kappa shape index (κ3) is 3.01. The van der Waals surface area contributed by atoms with E-state index >= 15 is 0 Å². The van der Waals surface area contributed by atoms with Crippen molar-refractivity contribution in [2.24, 2.45) is 0 Å². The molecule has 1 aliphatic rings. The Morgan fingerprint density at radius 2 is 2.28 bits per heavy atom. The van der Waals surface area contributed by atoms with Crippen LogP contribution in [0.2, 0.25) is 10.0 Å². The molecule has 0 bridgehead atoms. The Kier molecular flexibility index (Phi) is 4.63. The second kappa shape index (κ2) is 6.90. The van der Waals surface area contributed by atoms with Gasteiger partial charge in [-0.15, -0.1) is 0 Å². The summed E-state index contributed by atoms with van der Waals surface area (Å²) in [7, 11) is 0. The van der Waals surface area contributed by atoms with Crippen LogP contribution in [0.25, 0.3) is 22.0 Å². The Morgan fingerprint density at radius 1 is 1.40 bits per heavy atom. The Labute approximate surface area is 155 Å². The molecular weight excluding hydrogens is 361 g/mol. The molecule has 1 aliphatic heterocycles. The van der Waals surface area contributed by atoms with E-state index in [4.69, 9.17) is 32.7 Å². The van der Waals surface area contributed by atoms with Gasteiger partial charge < -0.3 is 14.5 Å². The van der Waals surface area contributed by atoms with Gasteiger partial charge in [0, 0.05) is 36.2 Å². The average molecular weight is 380 g/mol. The van der Waals surface area contributed by atoms with Gasteiger partial charge in [-0.05, 0) is 26.2 Å². The third-order valence-electron chi connectivity index (χ3n) is 4.48. The predicted molar refractivity (Wildman–Crippen MR) is 99.5 cm³/mol. The molecule has 1 atom stereocenters. The summed E-state index contributed by atoms with van der Waals surface area (Å²) in [5.41, 5.74) is 2.74. The Morgan fingerprint density at radius 3 is 3.04 bits per heavy atom. The van der Waals surface area contributed by atoms with Gasteiger partial charge in [0.05, 0.1) is 33.8 Å². The van der Waals surface area contributed by atoms with E-state index in [1.54, 1.807) is 6.07 Å². The van der Waals surface area contributed by atoms with Gasteiger partial charge in [-0.1, -0.05) is 23.2 Å². The first-order valence-electron chi connectivity index (χ1n) is 8.47. The number of fused-ring (bicyclic) bond motifs is 1. The maximum atomic E-state index is 6.37. The van der Waals surface area contributed by atoms with E-state index in [1.165, 1.54) is 0 Å². The molecule has 5 nitrogen and oxygen atoms in total. The SMILES string of the molecule is CCOc1cc(Cl)c(Cl)c2[nH]cc(-c3cnn(C4CCCCO4)c3)c12. The summed E-state index contributed by atoms with van der Waals surface area (Å²) >= 11 is 12.6. The lowest BCUT2D eigenvalue weighted by molar-refractivity contribution is -0.0394. The lowest BCUT2D eigenvalue weighted by Crippen LogP contribution is -2.18. The maximum absolute atomic E-state index is 6.37. The van der Waals surface area contributed by atoms with Gasteiger partial charge in [0.2, 0.25) is 0 Å². The van der Waals surface area contributed by atoms with Crippen LogP contribution in [0.1, 0.15) is 32.4 Å². The van der Waals surface area contributed by atoms with E-state index in [0.29, 0.717) is 22.4 Å². The number of hydrogen-bond donors (Lipinski definition) is 1. The quantitative estimate of drug-likeness (QED) is 0.656. The van der Waals surface area contributed by atoms with Crippen molar-refractivity contribution in [2.75, 3.05) is 13.2 Å². The highest BCUT2D eigenvalue weighted by atomic mass is 35.5. The van der Waals surface area contributed by atoms with Crippen LogP contribution >= 0.6 is 23.2 Å². The molecule has 0 saturated carbocycles. The fraction of sp³-hybridized carbons (Fsp3) is 0.389. The first-order chi connectivity index (χ1) is 12.2. The highest BCUT2D eigenvalue weighted by Gasteiger charge is 2.20. The first-order valence-corrected chi connectivity index (χ1v) is 9.22. The first kappa shape index (κ1) is 16.8. The molecule has 1 fully saturated rings. The van der Waals surface area contributed by atoms with Crippen molar-refractivity contribution in [2.45, 2.75) is 32.4 Å². The van der Waals surface area contributed by atoms with E-state index in [2.05, 4.69) is 10.1 Å². The second-order valence-electron chi connectivity index (χ2n) is 6.09. The summed E-state index contributed by atoms with van der Waals surface area (Å²) in [4.78, 5) is 3.22. The average Bonchev–Trinajstić information content (AvgIpc) is 3.27. The highest BCUT2D eigenvalue weighted by Crippen LogP contribution is 2.42. The third-order valence-corrected chi connectivity index (χ3v) is 5.26. The zero-order valence-electron chi connectivity index (χ0n) is 13.9. The number of benzene rings is 1. The summed E-state index contributed by atoms with van der Waals surface area (Å²) in [6.45, 7) is 3.28. The topological polar surface area (TPSA) is 52.1 Å². The molecule has 1 aromatic carbocycles. The van der Waals surface area contributed by atoms with Crippen LogP contribution in [0.3, 0.4) is 0 Å². The van der Waals surface area contributed by atoms with Crippen LogP contribution in [0.5, 0.6) is 5.75 Å². The van der Waals surface area contributed by atoms with E-state index < -0.39 is 0 Å². The van der Waals surface area contributed by atoms with Crippen molar-refractivity contribution in [1.82, 2.24) is 14.8 Å². The number of hydrogen-bond acceptors (Lipinski definition) is 3. The van der Waals surface area contributed by atoms with Crippen molar-refractivity contribution in [3.8, 4) is 16.9 Å². The largest absolute Gasteiger partial charge is 0.493 e. The molecule has 1 unspecified atom stereocenters. The molecule has 0 spiro atoms. The van der Waals surface area contributed by atoms with Crippen molar-refractivity contribution in [3.05, 3.63) is 34.7 Å². The Balaban J connectivity index is 1.79. The number of aromatic nitrogens is 3. The molecule has 0 amide bonds. The van der Waals surface area contributed by atoms with Gasteiger partial charge in [0.1, 0.15) is 12.0 Å². The number of aromatic amines is 1. The molecule has 3 aromatic rings. The minimum atomic E-state index is 0.0112. The number of ether oxygens (including phenoxy) is 2. The zero-order chi connectivity index (χ0) is 17.4. The van der Waals surface area contributed by atoms with Crippen molar-refractivity contribution in [3.63, 3.8) is 0 Å². The van der Waals surface area contributed by atoms with Crippen LogP contribution in [0, 0.1) is 0 Å². The van der Waals surface area contributed by atoms with Crippen LogP contribution in [-0.4, -0.2) is 28.0 Å². The lowest BCUT2D eigenvalue weighted by Gasteiger charge is -2.22. The molecule has 2 aromatic heterocycles. The molecule has 25 heavy (non-hydrogen) atoms. The van der Waals surface area contributed by atoms with Gasteiger partial charge >= 0.3 is 0 Å². The van der Waals surface area contributed by atoms with Gasteiger partial charge in [0.15, 0.2) is 0 Å². The molecule has 4 rings (SSSR count).